The van der Waals surface area contributed by atoms with Gasteiger partial charge in [-0.3, -0.25) is 0 Å². The van der Waals surface area contributed by atoms with E-state index in [0.29, 0.717) is 3.95 Å². The molecule has 1 heterocycles. The van der Waals surface area contributed by atoms with Gasteiger partial charge in [-0.05, 0) is 39.4 Å². The Kier molecular flexibility index (Phi) is 2.55. The van der Waals surface area contributed by atoms with Gasteiger partial charge >= 0.3 is 0 Å². The summed E-state index contributed by atoms with van der Waals surface area (Å²) in [7, 11) is 3.19. The molecule has 1 aromatic heterocycles. The molecule has 78 valence electrons. The van der Waals surface area contributed by atoms with E-state index >= 15 is 0 Å². The van der Waals surface area contributed by atoms with Gasteiger partial charge in [0, 0.05) is 5.56 Å². The molecule has 4 heteroatoms. The highest BCUT2D eigenvalue weighted by Crippen LogP contribution is 2.28. The van der Waals surface area contributed by atoms with E-state index in [9.17, 15) is 0 Å². The van der Waals surface area contributed by atoms with Crippen molar-refractivity contribution in [2.24, 2.45) is 0 Å². The Morgan fingerprint density at radius 2 is 1.75 bits per heavy atom. The molecule has 0 saturated carbocycles. The van der Waals surface area contributed by atoms with E-state index in [-0.39, 0.29) is 0 Å². The molecule has 0 spiro atoms. The van der Waals surface area contributed by atoms with Crippen LogP contribution in [0.15, 0.2) is 42.5 Å². The Labute approximate surface area is 105 Å². The fourth-order valence-corrected chi connectivity index (χ4v) is 3.74. The molecule has 0 radical (unpaired) electrons. The van der Waals surface area contributed by atoms with Crippen LogP contribution in [0.1, 0.15) is 0 Å². The predicted octanol–water partition coefficient (Wildman–Crippen LogP) is 4.75. The first kappa shape index (κ1) is 10.1. The largest absolute Gasteiger partial charge is 0.214 e. The molecule has 0 aliphatic rings. The Balaban J connectivity index is 2.22. The van der Waals surface area contributed by atoms with Crippen molar-refractivity contribution >= 4 is 43.7 Å². The van der Waals surface area contributed by atoms with Gasteiger partial charge in [-0.1, -0.05) is 46.7 Å². The third kappa shape index (κ3) is 1.80. The Morgan fingerprint density at radius 3 is 2.50 bits per heavy atom. The molecule has 0 atom stereocenters. The molecule has 0 unspecified atom stereocenters. The average molecular weight is 261 g/mol. The highest BCUT2D eigenvalue weighted by atomic mass is 32.9. The first-order valence-electron chi connectivity index (χ1n) is 4.79. The van der Waals surface area contributed by atoms with Gasteiger partial charge in [0.15, 0.2) is 3.95 Å². The molecule has 0 aliphatic carbocycles. The van der Waals surface area contributed by atoms with Crippen molar-refractivity contribution in [3.8, 4) is 10.6 Å². The van der Waals surface area contributed by atoms with Gasteiger partial charge in [-0.15, -0.1) is 0 Å². The van der Waals surface area contributed by atoms with Crippen molar-refractivity contribution in [2.45, 2.75) is 0 Å². The Hall–Kier alpha value is -1.10. The summed E-state index contributed by atoms with van der Waals surface area (Å²) in [5, 5.41) is 3.51. The van der Waals surface area contributed by atoms with Crippen molar-refractivity contribution in [2.75, 3.05) is 0 Å². The molecular weight excluding hydrogens is 254 g/mol. The molecule has 0 bridgehead atoms. The van der Waals surface area contributed by atoms with Gasteiger partial charge in [0.05, 0.1) is 0 Å². The summed E-state index contributed by atoms with van der Waals surface area (Å²) >= 11 is 5.05. The zero-order chi connectivity index (χ0) is 11.0. The van der Waals surface area contributed by atoms with Crippen molar-refractivity contribution in [3.05, 3.63) is 46.4 Å². The second kappa shape index (κ2) is 4.05. The molecule has 3 rings (SSSR count). The van der Waals surface area contributed by atoms with Gasteiger partial charge in [0.2, 0.25) is 0 Å². The molecule has 0 saturated heterocycles. The minimum atomic E-state index is 0.716. The van der Waals surface area contributed by atoms with E-state index in [2.05, 4.69) is 47.4 Å². The van der Waals surface area contributed by atoms with Crippen LogP contribution in [0.3, 0.4) is 0 Å². The molecule has 3 aromatic rings. The van der Waals surface area contributed by atoms with E-state index in [0.717, 1.165) is 10.6 Å². The zero-order valence-corrected chi connectivity index (χ0v) is 10.7. The van der Waals surface area contributed by atoms with E-state index in [1.54, 1.807) is 20.7 Å². The van der Waals surface area contributed by atoms with Crippen LogP contribution in [0, 0.1) is 3.95 Å². The number of hydrogen-bond acceptors (Lipinski definition) is 4. The maximum Gasteiger partial charge on any atom is 0.191 e. The van der Waals surface area contributed by atoms with E-state index in [4.69, 9.17) is 12.2 Å². The summed E-state index contributed by atoms with van der Waals surface area (Å²) in [6.07, 6.45) is 0. The lowest BCUT2D eigenvalue weighted by Gasteiger charge is -1.99. The quantitative estimate of drug-likeness (QED) is 0.463. The number of hydrogen-bond donors (Lipinski definition) is 0. The standard InChI is InChI=1S/C12H7NS3/c14-12-13-11(15-16-12)10-6-5-8-3-1-2-4-9(8)7-10/h1-7H. The molecule has 0 N–H and O–H groups in total. The van der Waals surface area contributed by atoms with Crippen LogP contribution in [0.4, 0.5) is 0 Å². The smallest absolute Gasteiger partial charge is 0.191 e. The molecule has 0 aliphatic heterocycles. The molecule has 2 aromatic carbocycles. The Morgan fingerprint density at radius 1 is 0.938 bits per heavy atom. The highest BCUT2D eigenvalue weighted by molar-refractivity contribution is 7.79. The van der Waals surface area contributed by atoms with Crippen molar-refractivity contribution in [1.29, 1.82) is 0 Å². The van der Waals surface area contributed by atoms with E-state index in [1.165, 1.54) is 10.8 Å². The normalized spacial score (nSPS) is 10.8. The number of fused-ring (bicyclic) bond motifs is 1. The lowest BCUT2D eigenvalue weighted by molar-refractivity contribution is 1.42. The lowest BCUT2D eigenvalue weighted by atomic mass is 10.1. The molecule has 1 nitrogen and oxygen atoms in total. The van der Waals surface area contributed by atoms with Crippen LogP contribution in [-0.2, 0) is 0 Å². The summed E-state index contributed by atoms with van der Waals surface area (Å²) < 4.78 is 0.716. The van der Waals surface area contributed by atoms with Crippen molar-refractivity contribution in [1.82, 2.24) is 4.98 Å². The molecule has 0 amide bonds. The summed E-state index contributed by atoms with van der Waals surface area (Å²) in [5.74, 6) is 0. The van der Waals surface area contributed by atoms with Crippen LogP contribution >= 0.6 is 32.9 Å². The minimum absolute atomic E-state index is 0.716. The van der Waals surface area contributed by atoms with Crippen LogP contribution in [0.25, 0.3) is 21.3 Å². The maximum absolute atomic E-state index is 5.05. The second-order valence-electron chi connectivity index (χ2n) is 3.41. The second-order valence-corrected chi connectivity index (χ2v) is 6.16. The van der Waals surface area contributed by atoms with E-state index < -0.39 is 0 Å². The van der Waals surface area contributed by atoms with Crippen LogP contribution in [0.5, 0.6) is 0 Å². The number of benzene rings is 2. The van der Waals surface area contributed by atoms with Crippen LogP contribution < -0.4 is 0 Å². The summed E-state index contributed by atoms with van der Waals surface area (Å²) in [5.41, 5.74) is 1.15. The highest BCUT2D eigenvalue weighted by Gasteiger charge is 2.02. The van der Waals surface area contributed by atoms with E-state index in [1.807, 2.05) is 0 Å². The topological polar surface area (TPSA) is 12.9 Å². The molecule has 16 heavy (non-hydrogen) atoms. The van der Waals surface area contributed by atoms with Gasteiger partial charge in [0.25, 0.3) is 0 Å². The molecule has 0 fully saturated rings. The molecular formula is C12H7NS3. The maximum atomic E-state index is 5.05. The zero-order valence-electron chi connectivity index (χ0n) is 8.21. The monoisotopic (exact) mass is 261 g/mol. The average Bonchev–Trinajstić information content (AvgIpc) is 2.75. The van der Waals surface area contributed by atoms with Crippen LogP contribution in [0.2, 0.25) is 0 Å². The first-order chi connectivity index (χ1) is 7.83. The van der Waals surface area contributed by atoms with Gasteiger partial charge in [0.1, 0.15) is 5.01 Å². The summed E-state index contributed by atoms with van der Waals surface area (Å²) in [4.78, 5) is 4.34. The van der Waals surface area contributed by atoms with Gasteiger partial charge in [-0.2, -0.15) is 0 Å². The third-order valence-electron chi connectivity index (χ3n) is 2.38. The lowest BCUT2D eigenvalue weighted by Crippen LogP contribution is -1.77. The SMILES string of the molecule is S=c1nc(-c2ccc3ccccc3c2)ss1. The van der Waals surface area contributed by atoms with Gasteiger partial charge < -0.3 is 0 Å². The minimum Gasteiger partial charge on any atom is -0.214 e. The van der Waals surface area contributed by atoms with Crippen molar-refractivity contribution < 1.29 is 0 Å². The first-order valence-corrected chi connectivity index (χ1v) is 7.35. The predicted molar refractivity (Wildman–Crippen MR) is 73.8 cm³/mol. The number of rotatable bonds is 1. The Bertz CT molecular complexity index is 696. The van der Waals surface area contributed by atoms with Crippen molar-refractivity contribution in [3.63, 3.8) is 0 Å². The fourth-order valence-electron chi connectivity index (χ4n) is 1.63. The summed E-state index contributed by atoms with van der Waals surface area (Å²) in [6.45, 7) is 0. The number of aromatic nitrogens is 1. The van der Waals surface area contributed by atoms with Gasteiger partial charge in [-0.25, -0.2) is 4.98 Å². The third-order valence-corrected chi connectivity index (χ3v) is 5.04. The number of nitrogens with zero attached hydrogens (tertiary/aromatic N) is 1. The fraction of sp³-hybridized carbons (Fsp3) is 0. The van der Waals surface area contributed by atoms with Crippen LogP contribution in [-0.4, -0.2) is 4.98 Å². The summed E-state index contributed by atoms with van der Waals surface area (Å²) in [6, 6.07) is 14.7.